The predicted molar refractivity (Wildman–Crippen MR) is 73.8 cm³/mol. The summed E-state index contributed by atoms with van der Waals surface area (Å²) in [6.45, 7) is 2.05. The highest BCUT2D eigenvalue weighted by atomic mass is 32.2. The number of aldehydes is 1. The van der Waals surface area contributed by atoms with E-state index in [-0.39, 0.29) is 0 Å². The zero-order valence-corrected chi connectivity index (χ0v) is 11.3. The average Bonchev–Trinajstić information content (AvgIpc) is 2.92. The Balaban J connectivity index is 2.01. The number of aromatic nitrogens is 2. The summed E-state index contributed by atoms with van der Waals surface area (Å²) in [6, 6.07) is 8.20. The van der Waals surface area contributed by atoms with E-state index >= 15 is 0 Å². The number of hydrogen-bond donors (Lipinski definition) is 0. The molecule has 2 heterocycles. The Kier molecular flexibility index (Phi) is 2.93. The summed E-state index contributed by atoms with van der Waals surface area (Å²) in [6.07, 6.45) is 2.74. The van der Waals surface area contributed by atoms with Gasteiger partial charge in [-0.25, -0.2) is 4.98 Å². The third-order valence-corrected chi connectivity index (χ3v) is 4.37. The first-order valence-corrected chi connectivity index (χ1v) is 7.13. The highest BCUT2D eigenvalue weighted by molar-refractivity contribution is 7.99. The van der Waals surface area contributed by atoms with Crippen molar-refractivity contribution in [1.82, 2.24) is 9.38 Å². The molecular formula is C13H10N2OS2. The van der Waals surface area contributed by atoms with Crippen molar-refractivity contribution in [2.45, 2.75) is 16.8 Å². The van der Waals surface area contributed by atoms with E-state index in [9.17, 15) is 4.79 Å². The molecule has 0 fully saturated rings. The summed E-state index contributed by atoms with van der Waals surface area (Å²) in [5.41, 5.74) is 1.85. The quantitative estimate of drug-likeness (QED) is 0.683. The van der Waals surface area contributed by atoms with Crippen LogP contribution in [0.5, 0.6) is 0 Å². The molecule has 3 rings (SSSR count). The van der Waals surface area contributed by atoms with Gasteiger partial charge in [-0.15, -0.1) is 11.3 Å². The second kappa shape index (κ2) is 4.59. The summed E-state index contributed by atoms with van der Waals surface area (Å²) >= 11 is 3.05. The predicted octanol–water partition coefficient (Wildman–Crippen LogP) is 3.67. The number of carbonyl (C=O) groups excluding carboxylic acids is 1. The van der Waals surface area contributed by atoms with Crippen molar-refractivity contribution in [1.29, 1.82) is 0 Å². The molecule has 5 heteroatoms. The summed E-state index contributed by atoms with van der Waals surface area (Å²) in [4.78, 5) is 17.6. The lowest BCUT2D eigenvalue weighted by Gasteiger charge is -1.99. The van der Waals surface area contributed by atoms with Gasteiger partial charge < -0.3 is 0 Å². The molecule has 0 N–H and O–H groups in total. The Bertz CT molecular complexity index is 697. The fourth-order valence-corrected chi connectivity index (χ4v) is 3.34. The first-order valence-electron chi connectivity index (χ1n) is 5.43. The Morgan fingerprint density at radius 2 is 2.11 bits per heavy atom. The Hall–Kier alpha value is -1.59. The van der Waals surface area contributed by atoms with Gasteiger partial charge in [-0.1, -0.05) is 29.5 Å². The SMILES string of the molecule is Cc1ccc(Sc2nc3sccn3c2C=O)cc1. The van der Waals surface area contributed by atoms with Gasteiger partial charge in [-0.2, -0.15) is 0 Å². The molecule has 0 aliphatic heterocycles. The molecule has 0 bridgehead atoms. The smallest absolute Gasteiger partial charge is 0.195 e. The number of benzene rings is 1. The molecule has 90 valence electrons. The number of nitrogens with zero attached hydrogens (tertiary/aromatic N) is 2. The minimum atomic E-state index is 0.622. The molecule has 0 radical (unpaired) electrons. The molecule has 3 nitrogen and oxygen atoms in total. The van der Waals surface area contributed by atoms with Gasteiger partial charge in [0.2, 0.25) is 0 Å². The number of fused-ring (bicyclic) bond motifs is 1. The van der Waals surface area contributed by atoms with Crippen molar-refractivity contribution < 1.29 is 4.79 Å². The molecule has 0 spiro atoms. The number of hydrogen-bond acceptors (Lipinski definition) is 4. The fourth-order valence-electron chi connectivity index (χ4n) is 1.68. The van der Waals surface area contributed by atoms with E-state index in [0.717, 1.165) is 21.2 Å². The largest absolute Gasteiger partial charge is 0.296 e. The maximum Gasteiger partial charge on any atom is 0.195 e. The van der Waals surface area contributed by atoms with Crippen LogP contribution in [0.25, 0.3) is 4.96 Å². The number of carbonyl (C=O) groups is 1. The Morgan fingerprint density at radius 3 is 2.83 bits per heavy atom. The van der Waals surface area contributed by atoms with Gasteiger partial charge in [-0.05, 0) is 19.1 Å². The minimum Gasteiger partial charge on any atom is -0.296 e. The molecule has 0 amide bonds. The topological polar surface area (TPSA) is 34.4 Å². The standard InChI is InChI=1S/C13H10N2OS2/c1-9-2-4-10(5-3-9)18-12-11(8-16)15-6-7-17-13(15)14-12/h2-8H,1H3. The van der Waals surface area contributed by atoms with Crippen molar-refractivity contribution in [3.63, 3.8) is 0 Å². The van der Waals surface area contributed by atoms with Crippen molar-refractivity contribution in [2.75, 3.05) is 0 Å². The van der Waals surface area contributed by atoms with Crippen LogP contribution in [0.15, 0.2) is 45.8 Å². The maximum atomic E-state index is 11.2. The lowest BCUT2D eigenvalue weighted by molar-refractivity contribution is 0.111. The normalized spacial score (nSPS) is 10.9. The van der Waals surface area contributed by atoms with Crippen molar-refractivity contribution in [3.05, 3.63) is 47.1 Å². The molecule has 0 saturated heterocycles. The van der Waals surface area contributed by atoms with Gasteiger partial charge in [0.15, 0.2) is 11.2 Å². The molecule has 18 heavy (non-hydrogen) atoms. The van der Waals surface area contributed by atoms with E-state index in [1.54, 1.807) is 0 Å². The van der Waals surface area contributed by atoms with E-state index in [1.807, 2.05) is 28.1 Å². The summed E-state index contributed by atoms with van der Waals surface area (Å²) in [5, 5.41) is 2.69. The molecule has 0 aliphatic rings. The molecule has 2 aromatic heterocycles. The van der Waals surface area contributed by atoms with Crippen LogP contribution in [0.4, 0.5) is 0 Å². The van der Waals surface area contributed by atoms with Gasteiger partial charge in [0.1, 0.15) is 10.7 Å². The van der Waals surface area contributed by atoms with Crippen molar-refractivity contribution in [3.8, 4) is 0 Å². The monoisotopic (exact) mass is 274 g/mol. The van der Waals surface area contributed by atoms with Crippen LogP contribution in [-0.4, -0.2) is 15.7 Å². The zero-order chi connectivity index (χ0) is 12.5. The Morgan fingerprint density at radius 1 is 1.33 bits per heavy atom. The number of rotatable bonds is 3. The van der Waals surface area contributed by atoms with Crippen LogP contribution in [0.2, 0.25) is 0 Å². The molecule has 0 atom stereocenters. The second-order valence-corrected chi connectivity index (χ2v) is 5.83. The lowest BCUT2D eigenvalue weighted by Crippen LogP contribution is -1.88. The van der Waals surface area contributed by atoms with Crippen LogP contribution in [0, 0.1) is 6.92 Å². The third-order valence-electron chi connectivity index (χ3n) is 2.61. The maximum absolute atomic E-state index is 11.2. The molecular weight excluding hydrogens is 264 g/mol. The van der Waals surface area contributed by atoms with Gasteiger partial charge in [-0.3, -0.25) is 9.20 Å². The highest BCUT2D eigenvalue weighted by Gasteiger charge is 2.13. The number of aryl methyl sites for hydroxylation is 1. The molecule has 0 saturated carbocycles. The summed E-state index contributed by atoms with van der Waals surface area (Å²) in [7, 11) is 0. The van der Waals surface area contributed by atoms with Gasteiger partial charge >= 0.3 is 0 Å². The van der Waals surface area contributed by atoms with Crippen LogP contribution in [0.1, 0.15) is 16.1 Å². The first kappa shape index (κ1) is 11.5. The summed E-state index contributed by atoms with van der Waals surface area (Å²) in [5.74, 6) is 0. The van der Waals surface area contributed by atoms with Crippen LogP contribution >= 0.6 is 23.1 Å². The van der Waals surface area contributed by atoms with Crippen molar-refractivity contribution >= 4 is 34.3 Å². The number of thiazole rings is 1. The van der Waals surface area contributed by atoms with E-state index in [1.165, 1.54) is 28.7 Å². The first-order chi connectivity index (χ1) is 8.78. The summed E-state index contributed by atoms with van der Waals surface area (Å²) < 4.78 is 1.83. The third kappa shape index (κ3) is 1.95. The molecule has 1 aromatic carbocycles. The molecule has 0 unspecified atom stereocenters. The van der Waals surface area contributed by atoms with Gasteiger partial charge in [0, 0.05) is 16.5 Å². The van der Waals surface area contributed by atoms with E-state index in [4.69, 9.17) is 0 Å². The van der Waals surface area contributed by atoms with Crippen molar-refractivity contribution in [2.24, 2.45) is 0 Å². The van der Waals surface area contributed by atoms with Crippen LogP contribution < -0.4 is 0 Å². The van der Waals surface area contributed by atoms with Gasteiger partial charge in [0.25, 0.3) is 0 Å². The lowest BCUT2D eigenvalue weighted by atomic mass is 10.2. The second-order valence-electron chi connectivity index (χ2n) is 3.89. The highest BCUT2D eigenvalue weighted by Crippen LogP contribution is 2.31. The zero-order valence-electron chi connectivity index (χ0n) is 9.66. The average molecular weight is 274 g/mol. The van der Waals surface area contributed by atoms with E-state index in [0.29, 0.717) is 5.69 Å². The minimum absolute atomic E-state index is 0.622. The van der Waals surface area contributed by atoms with E-state index < -0.39 is 0 Å². The number of imidazole rings is 1. The molecule has 3 aromatic rings. The van der Waals surface area contributed by atoms with Gasteiger partial charge in [0.05, 0.1) is 0 Å². The van der Waals surface area contributed by atoms with Crippen LogP contribution in [-0.2, 0) is 0 Å². The fraction of sp³-hybridized carbons (Fsp3) is 0.0769. The Labute approximate surface area is 112 Å². The van der Waals surface area contributed by atoms with E-state index in [2.05, 4.69) is 24.0 Å². The molecule has 0 aliphatic carbocycles. The van der Waals surface area contributed by atoms with Crippen LogP contribution in [0.3, 0.4) is 0 Å².